The molecule has 0 unspecified atom stereocenters. The zero-order chi connectivity index (χ0) is 9.84. The lowest BCUT2D eigenvalue weighted by atomic mass is 10.1. The number of nitriles is 1. The molecule has 0 aliphatic heterocycles. The lowest BCUT2D eigenvalue weighted by molar-refractivity contribution is -0.380. The summed E-state index contributed by atoms with van der Waals surface area (Å²) in [6, 6.07) is 2.90. The summed E-state index contributed by atoms with van der Waals surface area (Å²) in [6.45, 7) is 0. The third-order valence-electron chi connectivity index (χ3n) is 1.53. The van der Waals surface area contributed by atoms with E-state index in [1.54, 1.807) is 5.38 Å². The first-order valence-corrected chi connectivity index (χ1v) is 4.38. The Kier molecular flexibility index (Phi) is 5.09. The Balaban J connectivity index is 0.00000169. The van der Waals surface area contributed by atoms with Crippen LogP contribution in [-0.2, 0) is 0 Å². The molecule has 5 nitrogen and oxygen atoms in total. The molecule has 0 amide bonds. The number of nitrogens with zero attached hydrogens (tertiary/aromatic N) is 2. The van der Waals surface area contributed by atoms with E-state index in [0.29, 0.717) is 5.56 Å². The number of hydrogen-bond acceptors (Lipinski definition) is 5. The lowest BCUT2D eigenvalue weighted by Crippen LogP contribution is -2.07. The summed E-state index contributed by atoms with van der Waals surface area (Å²) in [4.78, 5) is 9.84. The third kappa shape index (κ3) is 2.96. The van der Waals surface area contributed by atoms with Gasteiger partial charge in [0, 0.05) is 17.5 Å². The van der Waals surface area contributed by atoms with E-state index in [9.17, 15) is 10.1 Å². The molecule has 1 rings (SSSR count). The van der Waals surface area contributed by atoms with Crippen molar-refractivity contribution in [2.24, 2.45) is 5.73 Å². The molecule has 0 aromatic carbocycles. The van der Waals surface area contributed by atoms with Crippen LogP contribution in [0.4, 0.5) is 5.00 Å². The Morgan fingerprint density at radius 1 is 1.79 bits per heavy atom. The zero-order valence-electron chi connectivity index (χ0n) is 7.04. The summed E-state index contributed by atoms with van der Waals surface area (Å²) < 4.78 is 0. The molecule has 0 saturated carbocycles. The minimum Gasteiger partial charge on any atom is -0.323 e. The second-order valence-electron chi connectivity index (χ2n) is 2.44. The van der Waals surface area contributed by atoms with Gasteiger partial charge < -0.3 is 5.73 Å². The summed E-state index contributed by atoms with van der Waals surface area (Å²) in [7, 11) is 0. The number of thiophene rings is 1. The molecule has 0 saturated heterocycles. The van der Waals surface area contributed by atoms with Crippen molar-refractivity contribution in [3.05, 3.63) is 27.1 Å². The highest BCUT2D eigenvalue weighted by atomic mass is 35.5. The van der Waals surface area contributed by atoms with Crippen molar-refractivity contribution < 1.29 is 4.92 Å². The molecule has 1 aromatic rings. The number of halogens is 1. The van der Waals surface area contributed by atoms with Gasteiger partial charge in [-0.05, 0) is 5.56 Å². The average molecular weight is 234 g/mol. The normalized spacial score (nSPS) is 11.1. The van der Waals surface area contributed by atoms with E-state index < -0.39 is 11.0 Å². The van der Waals surface area contributed by atoms with Gasteiger partial charge in [-0.3, -0.25) is 10.1 Å². The lowest BCUT2D eigenvalue weighted by Gasteiger charge is -2.01. The van der Waals surface area contributed by atoms with Crippen LogP contribution in [0.3, 0.4) is 0 Å². The van der Waals surface area contributed by atoms with Gasteiger partial charge in [-0.15, -0.1) is 12.4 Å². The monoisotopic (exact) mass is 233 g/mol. The maximum atomic E-state index is 10.3. The van der Waals surface area contributed by atoms with E-state index in [4.69, 9.17) is 11.0 Å². The summed E-state index contributed by atoms with van der Waals surface area (Å²) in [5, 5.41) is 20.3. The van der Waals surface area contributed by atoms with Gasteiger partial charge >= 0.3 is 5.00 Å². The molecule has 2 N–H and O–H groups in total. The molecular weight excluding hydrogens is 226 g/mol. The molecule has 0 bridgehead atoms. The van der Waals surface area contributed by atoms with Gasteiger partial charge in [0.15, 0.2) is 0 Å². The Morgan fingerprint density at radius 2 is 2.43 bits per heavy atom. The van der Waals surface area contributed by atoms with Gasteiger partial charge in [0.05, 0.1) is 17.4 Å². The van der Waals surface area contributed by atoms with Crippen LogP contribution in [0.15, 0.2) is 11.4 Å². The third-order valence-corrected chi connectivity index (χ3v) is 2.42. The van der Waals surface area contributed by atoms with Gasteiger partial charge in [-0.1, -0.05) is 11.3 Å². The van der Waals surface area contributed by atoms with E-state index in [2.05, 4.69) is 0 Å². The minimum absolute atomic E-state index is 0. The van der Waals surface area contributed by atoms with Crippen molar-refractivity contribution >= 4 is 28.7 Å². The van der Waals surface area contributed by atoms with Crippen LogP contribution in [0.25, 0.3) is 0 Å². The molecule has 7 heteroatoms. The van der Waals surface area contributed by atoms with Crippen LogP contribution >= 0.6 is 23.7 Å². The van der Waals surface area contributed by atoms with Crippen molar-refractivity contribution in [2.45, 2.75) is 12.5 Å². The van der Waals surface area contributed by atoms with Crippen molar-refractivity contribution in [3.63, 3.8) is 0 Å². The summed E-state index contributed by atoms with van der Waals surface area (Å²) in [5.74, 6) is 0. The zero-order valence-corrected chi connectivity index (χ0v) is 8.68. The first-order chi connectivity index (χ1) is 6.15. The molecule has 0 spiro atoms. The van der Waals surface area contributed by atoms with Gasteiger partial charge in [-0.2, -0.15) is 5.26 Å². The van der Waals surface area contributed by atoms with Crippen molar-refractivity contribution in [1.29, 1.82) is 5.26 Å². The highest BCUT2D eigenvalue weighted by Crippen LogP contribution is 2.26. The molecule has 0 radical (unpaired) electrons. The fraction of sp³-hybridized carbons (Fsp3) is 0.286. The van der Waals surface area contributed by atoms with E-state index in [1.165, 1.54) is 6.07 Å². The van der Waals surface area contributed by atoms with Gasteiger partial charge in [0.1, 0.15) is 0 Å². The maximum absolute atomic E-state index is 10.3. The number of nitrogens with two attached hydrogens (primary N) is 1. The van der Waals surface area contributed by atoms with Crippen LogP contribution in [0.1, 0.15) is 18.0 Å². The fourth-order valence-electron chi connectivity index (χ4n) is 0.845. The smallest absolute Gasteiger partial charge is 0.323 e. The molecule has 14 heavy (non-hydrogen) atoms. The van der Waals surface area contributed by atoms with E-state index in [-0.39, 0.29) is 23.8 Å². The Labute approximate surface area is 90.7 Å². The largest absolute Gasteiger partial charge is 0.324 e. The van der Waals surface area contributed by atoms with E-state index in [1.807, 2.05) is 6.07 Å². The summed E-state index contributed by atoms with van der Waals surface area (Å²) in [6.07, 6.45) is 0.174. The van der Waals surface area contributed by atoms with E-state index in [0.717, 1.165) is 11.3 Å². The van der Waals surface area contributed by atoms with Gasteiger partial charge in [-0.25, -0.2) is 0 Å². The maximum Gasteiger partial charge on any atom is 0.324 e. The van der Waals surface area contributed by atoms with Crippen LogP contribution in [0.2, 0.25) is 0 Å². The van der Waals surface area contributed by atoms with Crippen LogP contribution < -0.4 is 5.73 Å². The minimum atomic E-state index is -0.465. The molecule has 0 fully saturated rings. The quantitative estimate of drug-likeness (QED) is 0.638. The van der Waals surface area contributed by atoms with Crippen LogP contribution in [0.5, 0.6) is 0 Å². The molecule has 1 atom stereocenters. The Morgan fingerprint density at radius 3 is 2.86 bits per heavy atom. The summed E-state index contributed by atoms with van der Waals surface area (Å²) >= 11 is 1.02. The van der Waals surface area contributed by atoms with Gasteiger partial charge in [0.2, 0.25) is 0 Å². The SMILES string of the molecule is Cl.N#CC[C@H](N)c1csc([N+](=O)[O-])c1. The standard InChI is InChI=1S/C7H7N3O2S.ClH/c8-2-1-6(9)5-3-7(10(11)12)13-4-5;/h3-4,6H,1,9H2;1H/t6-;/m0./s1. The second kappa shape index (κ2) is 5.54. The Bertz CT molecular complexity index is 360. The highest BCUT2D eigenvalue weighted by Gasteiger charge is 2.13. The predicted octanol–water partition coefficient (Wildman–Crippen LogP) is 1.99. The number of hydrogen-bond donors (Lipinski definition) is 1. The number of rotatable bonds is 3. The Hall–Kier alpha value is -1.16. The fourth-order valence-corrected chi connectivity index (χ4v) is 1.64. The first-order valence-electron chi connectivity index (χ1n) is 3.50. The molecule has 1 heterocycles. The van der Waals surface area contributed by atoms with Crippen molar-refractivity contribution in [1.82, 2.24) is 0 Å². The number of nitro groups is 1. The van der Waals surface area contributed by atoms with Crippen LogP contribution in [0, 0.1) is 21.4 Å². The second-order valence-corrected chi connectivity index (χ2v) is 3.33. The summed E-state index contributed by atoms with van der Waals surface area (Å²) in [5.41, 5.74) is 6.23. The average Bonchev–Trinajstić information content (AvgIpc) is 2.52. The molecular formula is C7H8ClN3O2S. The van der Waals surface area contributed by atoms with E-state index >= 15 is 0 Å². The van der Waals surface area contributed by atoms with Gasteiger partial charge in [0.25, 0.3) is 0 Å². The van der Waals surface area contributed by atoms with Crippen LogP contribution in [-0.4, -0.2) is 4.92 Å². The highest BCUT2D eigenvalue weighted by molar-refractivity contribution is 7.13. The molecule has 76 valence electrons. The predicted molar refractivity (Wildman–Crippen MR) is 55.4 cm³/mol. The molecule has 0 aliphatic carbocycles. The molecule has 0 aliphatic rings. The van der Waals surface area contributed by atoms with Crippen molar-refractivity contribution in [3.8, 4) is 6.07 Å². The first kappa shape index (κ1) is 12.8. The topological polar surface area (TPSA) is 93.0 Å². The van der Waals surface area contributed by atoms with Crippen molar-refractivity contribution in [2.75, 3.05) is 0 Å². The molecule has 1 aromatic heterocycles.